The molecule has 0 bridgehead atoms. The number of nitrogens with zero attached hydrogens (tertiary/aromatic N) is 4. The molecule has 5 aromatic carbocycles. The molecule has 6 aromatic rings. The van der Waals surface area contributed by atoms with Gasteiger partial charge < -0.3 is 33.8 Å². The molecule has 0 saturated heterocycles. The fourth-order valence-corrected chi connectivity index (χ4v) is 7.19. The molecular formula is C51H55N4O7+. The largest absolute Gasteiger partial charge is 0.496 e. The highest BCUT2D eigenvalue weighted by atomic mass is 16.7. The first-order valence-electron chi connectivity index (χ1n) is 20.6. The van der Waals surface area contributed by atoms with Crippen molar-refractivity contribution in [1.29, 1.82) is 0 Å². The lowest BCUT2D eigenvalue weighted by molar-refractivity contribution is -0.165. The van der Waals surface area contributed by atoms with Gasteiger partial charge in [-0.3, -0.25) is 14.4 Å². The van der Waals surface area contributed by atoms with Crippen LogP contribution in [0.1, 0.15) is 53.4 Å². The van der Waals surface area contributed by atoms with Crippen molar-refractivity contribution in [2.24, 2.45) is 0 Å². The van der Waals surface area contributed by atoms with Gasteiger partial charge in [0.1, 0.15) is 12.3 Å². The Bertz CT molecular complexity index is 2580. The number of amides is 1. The van der Waals surface area contributed by atoms with E-state index in [2.05, 4.69) is 73.4 Å². The van der Waals surface area contributed by atoms with Crippen LogP contribution in [-0.4, -0.2) is 91.5 Å². The molecule has 11 heteroatoms. The molecule has 0 atom stereocenters. The molecule has 0 aliphatic carbocycles. The van der Waals surface area contributed by atoms with Gasteiger partial charge in [0, 0.05) is 95.1 Å². The number of methoxy groups -OCH3 is 1. The number of hydrogen-bond acceptors (Lipinski definition) is 9. The van der Waals surface area contributed by atoms with E-state index in [-0.39, 0.29) is 6.54 Å². The zero-order valence-electron chi connectivity index (χ0n) is 37.0. The molecule has 0 saturated carbocycles. The van der Waals surface area contributed by atoms with Crippen molar-refractivity contribution >= 4 is 81.2 Å². The maximum absolute atomic E-state index is 14.3. The van der Waals surface area contributed by atoms with E-state index in [1.165, 1.54) is 18.9 Å². The number of hydrogen-bond donors (Lipinski definition) is 0. The maximum atomic E-state index is 14.3. The van der Waals surface area contributed by atoms with Gasteiger partial charge in [-0.2, -0.15) is 0 Å². The van der Waals surface area contributed by atoms with Gasteiger partial charge in [0.25, 0.3) is 5.91 Å². The Hall–Kier alpha value is -7.14. The summed E-state index contributed by atoms with van der Waals surface area (Å²) in [6, 6.07) is 32.3. The molecule has 320 valence electrons. The monoisotopic (exact) mass is 835 g/mol. The van der Waals surface area contributed by atoms with E-state index in [4.69, 9.17) is 18.6 Å². The van der Waals surface area contributed by atoms with Crippen LogP contribution in [-0.2, 0) is 19.1 Å². The van der Waals surface area contributed by atoms with Gasteiger partial charge in [-0.1, -0.05) is 54.6 Å². The van der Waals surface area contributed by atoms with Gasteiger partial charge in [0.15, 0.2) is 0 Å². The molecule has 0 spiro atoms. The third-order valence-corrected chi connectivity index (χ3v) is 10.7. The second kappa shape index (κ2) is 19.9. The molecule has 0 fully saturated rings. The minimum Gasteiger partial charge on any atom is -0.496 e. The number of fused-ring (bicyclic) bond motifs is 2. The maximum Gasteiger partial charge on any atom is 0.363 e. The summed E-state index contributed by atoms with van der Waals surface area (Å²) in [4.78, 5) is 45.8. The summed E-state index contributed by atoms with van der Waals surface area (Å²) < 4.78 is 22.1. The number of carbonyl (C=O) groups is 3. The van der Waals surface area contributed by atoms with E-state index >= 15 is 0 Å². The molecule has 1 amide bonds. The first kappa shape index (κ1) is 44.4. The first-order valence-corrected chi connectivity index (χ1v) is 20.6. The molecule has 1 aromatic heterocycles. The quantitative estimate of drug-likeness (QED) is 0.0308. The van der Waals surface area contributed by atoms with E-state index in [0.29, 0.717) is 22.3 Å². The second-order valence-electron chi connectivity index (χ2n) is 15.3. The molecule has 0 radical (unpaired) electrons. The van der Waals surface area contributed by atoms with Crippen molar-refractivity contribution in [2.75, 3.05) is 83.5 Å². The summed E-state index contributed by atoms with van der Waals surface area (Å²) in [5.41, 5.74) is 10.1. The van der Waals surface area contributed by atoms with Gasteiger partial charge in [-0.25, -0.2) is 4.42 Å². The van der Waals surface area contributed by atoms with Gasteiger partial charge in [0.2, 0.25) is 6.79 Å². The molecule has 0 N–H and O–H groups in total. The van der Waals surface area contributed by atoms with Crippen molar-refractivity contribution in [3.63, 3.8) is 0 Å². The average molecular weight is 836 g/mol. The van der Waals surface area contributed by atoms with E-state index in [1.807, 2.05) is 98.7 Å². The van der Waals surface area contributed by atoms with Crippen LogP contribution in [0.25, 0.3) is 57.4 Å². The Labute approximate surface area is 364 Å². The third-order valence-electron chi connectivity index (χ3n) is 10.7. The number of esters is 2. The van der Waals surface area contributed by atoms with E-state index < -0.39 is 24.6 Å². The molecule has 0 aliphatic heterocycles. The predicted molar refractivity (Wildman–Crippen MR) is 253 cm³/mol. The molecule has 6 rings (SSSR count). The zero-order valence-corrected chi connectivity index (χ0v) is 37.0. The third kappa shape index (κ3) is 10.4. The van der Waals surface area contributed by atoms with Crippen molar-refractivity contribution < 1.29 is 33.0 Å². The predicted octanol–water partition coefficient (Wildman–Crippen LogP) is 10.00. The lowest BCUT2D eigenvalue weighted by Gasteiger charge is -2.22. The standard InChI is InChI=1S/C51H55N4O7/c1-10-55(11-2)41-22-21-38(46(31-41)59-9)20-18-36-14-12-35(13-15-36)16-17-37-19-25-42(51(58)54(8)32-49(57)61-33-60-34(3)56)45(28-37)50-43-26-23-39(52(4)5)29-47(43)62-48-30-40(53(6)7)24-27-44(48)50/h12-31H,10-11,32-33H2,1-9H3/q+1/b17-16+,20-18+. The molecule has 11 nitrogen and oxygen atoms in total. The molecule has 0 aliphatic rings. The van der Waals surface area contributed by atoms with Crippen LogP contribution in [0.5, 0.6) is 5.75 Å². The summed E-state index contributed by atoms with van der Waals surface area (Å²) in [7, 11) is 11.1. The van der Waals surface area contributed by atoms with Gasteiger partial charge >= 0.3 is 23.1 Å². The molecular weight excluding hydrogens is 781 g/mol. The van der Waals surface area contributed by atoms with Crippen LogP contribution in [0.3, 0.4) is 0 Å². The van der Waals surface area contributed by atoms with Crippen molar-refractivity contribution in [3.05, 3.63) is 125 Å². The number of benzene rings is 5. The summed E-state index contributed by atoms with van der Waals surface area (Å²) in [6.45, 7) is 6.48. The van der Waals surface area contributed by atoms with Crippen LogP contribution in [0.2, 0.25) is 0 Å². The van der Waals surface area contributed by atoms with Crippen LogP contribution in [0.15, 0.2) is 101 Å². The summed E-state index contributed by atoms with van der Waals surface area (Å²) in [6.07, 6.45) is 8.20. The smallest absolute Gasteiger partial charge is 0.363 e. The number of anilines is 3. The normalized spacial score (nSPS) is 11.3. The van der Waals surface area contributed by atoms with Crippen molar-refractivity contribution in [2.45, 2.75) is 20.8 Å². The Balaban J connectivity index is 1.38. The minimum atomic E-state index is -0.712. The highest BCUT2D eigenvalue weighted by Gasteiger charge is 2.27. The molecule has 0 unspecified atom stereocenters. The number of carbonyl (C=O) groups excluding carboxylic acids is 3. The highest BCUT2D eigenvalue weighted by Crippen LogP contribution is 2.41. The van der Waals surface area contributed by atoms with Crippen molar-refractivity contribution in [1.82, 2.24) is 4.90 Å². The van der Waals surface area contributed by atoms with Crippen molar-refractivity contribution in [3.8, 4) is 16.9 Å². The van der Waals surface area contributed by atoms with Gasteiger partial charge in [-0.15, -0.1) is 0 Å². The zero-order chi connectivity index (χ0) is 44.5. The first-order chi connectivity index (χ1) is 29.8. The Kier molecular flexibility index (Phi) is 14.3. The lowest BCUT2D eigenvalue weighted by Crippen LogP contribution is -2.33. The highest BCUT2D eigenvalue weighted by molar-refractivity contribution is 6.14. The summed E-state index contributed by atoms with van der Waals surface area (Å²) in [5, 5.41) is 1.64. The summed E-state index contributed by atoms with van der Waals surface area (Å²) in [5.74, 6) is -0.858. The van der Waals surface area contributed by atoms with Gasteiger partial charge in [-0.05, 0) is 84.6 Å². The summed E-state index contributed by atoms with van der Waals surface area (Å²) >= 11 is 0. The molecule has 1 heterocycles. The topological polar surface area (TPSA) is 103 Å². The van der Waals surface area contributed by atoms with E-state index in [0.717, 1.165) is 74.5 Å². The Morgan fingerprint density at radius 1 is 0.629 bits per heavy atom. The average Bonchev–Trinajstić information content (AvgIpc) is 3.26. The van der Waals surface area contributed by atoms with Crippen LogP contribution < -0.4 is 19.4 Å². The number of ether oxygens (including phenoxy) is 3. The minimum absolute atomic E-state index is 0.354. The van der Waals surface area contributed by atoms with Crippen LogP contribution in [0.4, 0.5) is 17.1 Å². The van der Waals surface area contributed by atoms with Gasteiger partial charge in [0.05, 0.1) is 30.0 Å². The fourth-order valence-electron chi connectivity index (χ4n) is 7.19. The van der Waals surface area contributed by atoms with E-state index in [9.17, 15) is 14.4 Å². The Morgan fingerprint density at radius 2 is 1.18 bits per heavy atom. The Morgan fingerprint density at radius 3 is 1.73 bits per heavy atom. The molecule has 62 heavy (non-hydrogen) atoms. The van der Waals surface area contributed by atoms with Crippen LogP contribution in [0, 0.1) is 0 Å². The number of likely N-dealkylation sites (N-methyl/N-ethyl adjacent to an activating group) is 1. The van der Waals surface area contributed by atoms with E-state index in [1.54, 1.807) is 13.2 Å². The number of rotatable bonds is 16. The lowest BCUT2D eigenvalue weighted by atomic mass is 9.91. The SMILES string of the molecule is CCN(CC)c1ccc(/C=C/c2ccc(/C=C/c3ccc(C(=O)N(C)CC(=O)OCOC(C)=O)c(-c4c5ccc(N(C)C)cc5[o+]c5cc(N(C)C)ccc45)c3)cc2)c(OC)c1. The van der Waals surface area contributed by atoms with Crippen LogP contribution >= 0.6 is 0 Å². The fraction of sp³-hybridized carbons (Fsp3) is 0.255. The second-order valence-corrected chi connectivity index (χ2v) is 15.3.